The Balaban J connectivity index is 2.41. The Bertz CT molecular complexity index is 384. The van der Waals surface area contributed by atoms with E-state index in [1.165, 1.54) is 6.39 Å². The Morgan fingerprint density at radius 3 is 3.08 bits per heavy atom. The first kappa shape index (κ1) is 7.94. The lowest BCUT2D eigenvalue weighted by Crippen LogP contribution is -1.98. The molecule has 2 aromatic rings. The predicted octanol–water partition coefficient (Wildman–Crippen LogP) is 1.20. The zero-order valence-electron chi connectivity index (χ0n) is 6.97. The van der Waals surface area contributed by atoms with Gasteiger partial charge < -0.3 is 10.2 Å². The Hall–Kier alpha value is -1.68. The highest BCUT2D eigenvalue weighted by molar-refractivity contribution is 5.55. The lowest BCUT2D eigenvalue weighted by molar-refractivity contribution is 0.572. The van der Waals surface area contributed by atoms with Gasteiger partial charge >= 0.3 is 0 Å². The zero-order valence-corrected chi connectivity index (χ0v) is 6.97. The maximum Gasteiger partial charge on any atom is 0.181 e. The smallest absolute Gasteiger partial charge is 0.181 e. The summed E-state index contributed by atoms with van der Waals surface area (Å²) < 4.78 is 5.14. The molecular formula is C9H9N3O. The molecule has 0 saturated heterocycles. The molecule has 0 bridgehead atoms. The Kier molecular flexibility index (Phi) is 2.06. The Labute approximate surface area is 75.4 Å². The third-order valence-electron chi connectivity index (χ3n) is 1.74. The molecule has 2 N–H and O–H groups in total. The fourth-order valence-corrected chi connectivity index (χ4v) is 1.10. The van der Waals surface area contributed by atoms with E-state index in [1.54, 1.807) is 12.4 Å². The van der Waals surface area contributed by atoms with Gasteiger partial charge in [-0.05, 0) is 12.1 Å². The van der Waals surface area contributed by atoms with Crippen molar-refractivity contribution >= 4 is 0 Å². The highest BCUT2D eigenvalue weighted by atomic mass is 16.3. The van der Waals surface area contributed by atoms with Crippen molar-refractivity contribution in [2.45, 2.75) is 6.54 Å². The van der Waals surface area contributed by atoms with Crippen LogP contribution in [0.5, 0.6) is 0 Å². The van der Waals surface area contributed by atoms with Crippen molar-refractivity contribution in [1.82, 2.24) is 9.97 Å². The minimum atomic E-state index is 0.433. The molecule has 0 atom stereocenters. The van der Waals surface area contributed by atoms with E-state index in [2.05, 4.69) is 9.97 Å². The van der Waals surface area contributed by atoms with Crippen LogP contribution in [0.1, 0.15) is 5.69 Å². The van der Waals surface area contributed by atoms with E-state index in [0.717, 1.165) is 17.0 Å². The van der Waals surface area contributed by atoms with Gasteiger partial charge in [0.05, 0.1) is 11.9 Å². The molecule has 0 saturated carbocycles. The first-order valence-corrected chi connectivity index (χ1v) is 3.94. The lowest BCUT2D eigenvalue weighted by atomic mass is 10.2. The Morgan fingerprint density at radius 2 is 2.38 bits per heavy atom. The third kappa shape index (κ3) is 1.57. The first-order chi connectivity index (χ1) is 6.40. The molecule has 0 aliphatic heterocycles. The molecule has 2 aromatic heterocycles. The van der Waals surface area contributed by atoms with Crippen LogP contribution < -0.4 is 5.73 Å². The molecule has 0 unspecified atom stereocenters. The molecule has 4 heteroatoms. The van der Waals surface area contributed by atoms with E-state index >= 15 is 0 Å². The summed E-state index contributed by atoms with van der Waals surface area (Å²) in [5.74, 6) is 0.733. The van der Waals surface area contributed by atoms with Crippen molar-refractivity contribution in [3.63, 3.8) is 0 Å². The minimum Gasteiger partial charge on any atom is -0.444 e. The van der Waals surface area contributed by atoms with Gasteiger partial charge in [-0.3, -0.25) is 4.98 Å². The van der Waals surface area contributed by atoms with Crippen molar-refractivity contribution < 1.29 is 4.42 Å². The largest absolute Gasteiger partial charge is 0.444 e. The van der Waals surface area contributed by atoms with E-state index in [0.29, 0.717) is 6.54 Å². The van der Waals surface area contributed by atoms with E-state index in [1.807, 2.05) is 12.1 Å². The zero-order chi connectivity index (χ0) is 9.10. The summed E-state index contributed by atoms with van der Waals surface area (Å²) in [4.78, 5) is 7.92. The second kappa shape index (κ2) is 3.37. The average Bonchev–Trinajstić information content (AvgIpc) is 2.71. The molecule has 0 aliphatic carbocycles. The maximum absolute atomic E-state index is 5.46. The van der Waals surface area contributed by atoms with Crippen LogP contribution >= 0.6 is 0 Å². The highest BCUT2D eigenvalue weighted by Gasteiger charge is 2.01. The summed E-state index contributed by atoms with van der Waals surface area (Å²) >= 11 is 0. The molecule has 0 spiro atoms. The van der Waals surface area contributed by atoms with Gasteiger partial charge in [0.25, 0.3) is 0 Å². The molecule has 2 heterocycles. The van der Waals surface area contributed by atoms with Crippen LogP contribution in [-0.2, 0) is 6.54 Å². The van der Waals surface area contributed by atoms with E-state index < -0.39 is 0 Å². The van der Waals surface area contributed by atoms with Crippen LogP contribution in [0.2, 0.25) is 0 Å². The molecule has 0 amide bonds. The minimum absolute atomic E-state index is 0.433. The fraction of sp³-hybridized carbons (Fsp3) is 0.111. The molecule has 0 fully saturated rings. The Morgan fingerprint density at radius 1 is 1.46 bits per heavy atom. The molecule has 0 aliphatic rings. The number of pyridine rings is 1. The number of hydrogen-bond acceptors (Lipinski definition) is 4. The number of hydrogen-bond donors (Lipinski definition) is 1. The van der Waals surface area contributed by atoms with Crippen LogP contribution in [0.25, 0.3) is 11.3 Å². The molecule has 66 valence electrons. The summed E-state index contributed by atoms with van der Waals surface area (Å²) in [7, 11) is 0. The second-order valence-corrected chi connectivity index (χ2v) is 2.61. The topological polar surface area (TPSA) is 64.9 Å². The monoisotopic (exact) mass is 175 g/mol. The third-order valence-corrected chi connectivity index (χ3v) is 1.74. The summed E-state index contributed by atoms with van der Waals surface area (Å²) in [6.07, 6.45) is 4.77. The molecule has 2 rings (SSSR count). The van der Waals surface area contributed by atoms with Gasteiger partial charge in [-0.25, -0.2) is 4.98 Å². The number of nitrogens with two attached hydrogens (primary N) is 1. The van der Waals surface area contributed by atoms with Crippen molar-refractivity contribution in [3.05, 3.63) is 36.6 Å². The molecule has 4 nitrogen and oxygen atoms in total. The van der Waals surface area contributed by atoms with E-state index in [4.69, 9.17) is 10.2 Å². The average molecular weight is 175 g/mol. The van der Waals surface area contributed by atoms with Gasteiger partial charge in [-0.15, -0.1) is 0 Å². The van der Waals surface area contributed by atoms with Gasteiger partial charge in [-0.2, -0.15) is 0 Å². The van der Waals surface area contributed by atoms with Crippen molar-refractivity contribution in [3.8, 4) is 11.3 Å². The van der Waals surface area contributed by atoms with Crippen LogP contribution in [0.3, 0.4) is 0 Å². The number of aromatic nitrogens is 2. The molecule has 0 radical (unpaired) electrons. The first-order valence-electron chi connectivity index (χ1n) is 3.94. The van der Waals surface area contributed by atoms with Crippen LogP contribution in [0.15, 0.2) is 35.3 Å². The number of nitrogens with zero attached hydrogens (tertiary/aromatic N) is 2. The maximum atomic E-state index is 5.46. The summed E-state index contributed by atoms with van der Waals surface area (Å²) in [6.45, 7) is 0.433. The number of oxazole rings is 1. The van der Waals surface area contributed by atoms with Gasteiger partial charge in [0.1, 0.15) is 0 Å². The number of rotatable bonds is 2. The SMILES string of the molecule is NCc1cc(-c2cnco2)ccn1. The van der Waals surface area contributed by atoms with Gasteiger partial charge in [0, 0.05) is 18.3 Å². The summed E-state index contributed by atoms with van der Waals surface area (Å²) in [6, 6.07) is 3.75. The second-order valence-electron chi connectivity index (χ2n) is 2.61. The standard InChI is InChI=1S/C9H9N3O/c10-4-8-3-7(1-2-12-8)9-5-11-6-13-9/h1-3,5-6H,4,10H2. The van der Waals surface area contributed by atoms with E-state index in [9.17, 15) is 0 Å². The van der Waals surface area contributed by atoms with Crippen molar-refractivity contribution in [2.75, 3.05) is 0 Å². The fourth-order valence-electron chi connectivity index (χ4n) is 1.10. The predicted molar refractivity (Wildman–Crippen MR) is 47.6 cm³/mol. The van der Waals surface area contributed by atoms with Gasteiger partial charge in [0.2, 0.25) is 0 Å². The molecule has 0 aromatic carbocycles. The summed E-state index contributed by atoms with van der Waals surface area (Å²) in [5, 5.41) is 0. The van der Waals surface area contributed by atoms with Crippen molar-refractivity contribution in [1.29, 1.82) is 0 Å². The van der Waals surface area contributed by atoms with Crippen LogP contribution in [0, 0.1) is 0 Å². The van der Waals surface area contributed by atoms with Crippen LogP contribution in [-0.4, -0.2) is 9.97 Å². The quantitative estimate of drug-likeness (QED) is 0.744. The molecular weight excluding hydrogens is 166 g/mol. The summed E-state index contributed by atoms with van der Waals surface area (Å²) in [5.41, 5.74) is 7.26. The lowest BCUT2D eigenvalue weighted by Gasteiger charge is -1.98. The van der Waals surface area contributed by atoms with Crippen molar-refractivity contribution in [2.24, 2.45) is 5.73 Å². The van der Waals surface area contributed by atoms with E-state index in [-0.39, 0.29) is 0 Å². The highest BCUT2D eigenvalue weighted by Crippen LogP contribution is 2.17. The van der Waals surface area contributed by atoms with Gasteiger partial charge in [-0.1, -0.05) is 0 Å². The normalized spacial score (nSPS) is 10.2. The van der Waals surface area contributed by atoms with Crippen LogP contribution in [0.4, 0.5) is 0 Å². The van der Waals surface area contributed by atoms with Gasteiger partial charge in [0.15, 0.2) is 12.2 Å². The molecule has 13 heavy (non-hydrogen) atoms.